The van der Waals surface area contributed by atoms with Crippen LogP contribution in [0.2, 0.25) is 0 Å². The van der Waals surface area contributed by atoms with E-state index in [9.17, 15) is 0 Å². The Kier molecular flexibility index (Phi) is 3.04. The summed E-state index contributed by atoms with van der Waals surface area (Å²) in [6.07, 6.45) is 0. The van der Waals surface area contributed by atoms with Gasteiger partial charge >= 0.3 is 0 Å². The number of anilines is 1. The van der Waals surface area contributed by atoms with Crippen molar-refractivity contribution in [3.8, 4) is 0 Å². The second-order valence-corrected chi connectivity index (χ2v) is 5.77. The fraction of sp³-hybridized carbons (Fsp3) is 0.0667. The zero-order chi connectivity index (χ0) is 12.7. The molecule has 0 aliphatic carbocycles. The van der Waals surface area contributed by atoms with Crippen LogP contribution in [0.4, 0.5) is 5.69 Å². The Morgan fingerprint density at radius 3 is 1.94 bits per heavy atom. The minimum Gasteiger partial charge on any atom is -0.388 e. The molecular formula is C15H11Br2N. The molecule has 90 valence electrons. The van der Waals surface area contributed by atoms with Crippen molar-refractivity contribution in [2.45, 2.75) is 0 Å². The molecule has 0 amide bonds. The zero-order valence-electron chi connectivity index (χ0n) is 9.80. The number of hydrogen-bond acceptors (Lipinski definition) is 1. The number of rotatable bonds is 1. The molecule has 1 N–H and O–H groups in total. The molecule has 1 nitrogen and oxygen atoms in total. The summed E-state index contributed by atoms with van der Waals surface area (Å²) in [6, 6.07) is 14.8. The molecule has 3 heteroatoms. The Labute approximate surface area is 122 Å². The molecule has 0 unspecified atom stereocenters. The predicted octanol–water partition coefficient (Wildman–Crippen LogP) is 5.56. The number of benzene rings is 3. The highest BCUT2D eigenvalue weighted by Crippen LogP contribution is 2.39. The molecule has 0 aromatic heterocycles. The molecule has 3 aromatic carbocycles. The van der Waals surface area contributed by atoms with E-state index in [1.54, 1.807) is 0 Å². The third-order valence-corrected chi connectivity index (χ3v) is 4.89. The first-order valence-corrected chi connectivity index (χ1v) is 7.28. The Morgan fingerprint density at radius 2 is 1.33 bits per heavy atom. The highest BCUT2D eigenvalue weighted by molar-refractivity contribution is 9.11. The molecule has 0 heterocycles. The molecule has 3 rings (SSSR count). The van der Waals surface area contributed by atoms with E-state index in [2.05, 4.69) is 79.6 Å². The average molecular weight is 365 g/mol. The molecule has 0 aliphatic rings. The number of hydrogen-bond donors (Lipinski definition) is 1. The van der Waals surface area contributed by atoms with Crippen LogP contribution in [0.25, 0.3) is 21.5 Å². The smallest absolute Gasteiger partial charge is 0.0344 e. The molecule has 0 aliphatic heterocycles. The van der Waals surface area contributed by atoms with Gasteiger partial charge < -0.3 is 5.32 Å². The van der Waals surface area contributed by atoms with Gasteiger partial charge in [-0.05, 0) is 65.5 Å². The largest absolute Gasteiger partial charge is 0.388 e. The van der Waals surface area contributed by atoms with Crippen LogP contribution in [0.15, 0.2) is 51.4 Å². The van der Waals surface area contributed by atoms with E-state index in [1.165, 1.54) is 21.5 Å². The standard InChI is InChI=1S/C15H11Br2N/c1-18-9-6-7-12-13(8-9)15(17)11-5-3-2-4-10(11)14(12)16/h2-8,18H,1H3. The van der Waals surface area contributed by atoms with Crippen molar-refractivity contribution in [2.24, 2.45) is 0 Å². The van der Waals surface area contributed by atoms with Gasteiger partial charge in [0, 0.05) is 21.7 Å². The maximum absolute atomic E-state index is 3.73. The quantitative estimate of drug-likeness (QED) is 0.557. The summed E-state index contributed by atoms with van der Waals surface area (Å²) in [5.41, 5.74) is 1.12. The van der Waals surface area contributed by atoms with Crippen LogP contribution in [0.5, 0.6) is 0 Å². The summed E-state index contributed by atoms with van der Waals surface area (Å²) < 4.78 is 2.30. The molecule has 3 aromatic rings. The summed E-state index contributed by atoms with van der Waals surface area (Å²) in [7, 11) is 1.94. The molecule has 0 saturated heterocycles. The lowest BCUT2D eigenvalue weighted by Crippen LogP contribution is -1.89. The van der Waals surface area contributed by atoms with Crippen molar-refractivity contribution in [3.05, 3.63) is 51.4 Å². The fourth-order valence-electron chi connectivity index (χ4n) is 2.23. The van der Waals surface area contributed by atoms with Crippen molar-refractivity contribution in [2.75, 3.05) is 12.4 Å². The van der Waals surface area contributed by atoms with E-state index in [4.69, 9.17) is 0 Å². The second kappa shape index (κ2) is 4.56. The van der Waals surface area contributed by atoms with Crippen LogP contribution in [-0.4, -0.2) is 7.05 Å². The van der Waals surface area contributed by atoms with Crippen LogP contribution < -0.4 is 5.32 Å². The van der Waals surface area contributed by atoms with Crippen molar-refractivity contribution < 1.29 is 0 Å². The topological polar surface area (TPSA) is 12.0 Å². The molecular weight excluding hydrogens is 354 g/mol. The van der Waals surface area contributed by atoms with Gasteiger partial charge in [-0.3, -0.25) is 0 Å². The summed E-state index contributed by atoms with van der Waals surface area (Å²) in [5, 5.41) is 8.07. The van der Waals surface area contributed by atoms with Crippen LogP contribution >= 0.6 is 31.9 Å². The third kappa shape index (κ3) is 1.73. The van der Waals surface area contributed by atoms with Gasteiger partial charge in [-0.2, -0.15) is 0 Å². The first-order valence-electron chi connectivity index (χ1n) is 5.69. The maximum Gasteiger partial charge on any atom is 0.0344 e. The van der Waals surface area contributed by atoms with Gasteiger partial charge in [-0.1, -0.05) is 30.3 Å². The maximum atomic E-state index is 3.73. The summed E-state index contributed by atoms with van der Waals surface area (Å²) in [6.45, 7) is 0. The average Bonchev–Trinajstić information content (AvgIpc) is 2.44. The molecule has 0 spiro atoms. The number of nitrogens with one attached hydrogen (secondary N) is 1. The van der Waals surface area contributed by atoms with Crippen LogP contribution in [0, 0.1) is 0 Å². The monoisotopic (exact) mass is 363 g/mol. The molecule has 0 bridgehead atoms. The van der Waals surface area contributed by atoms with Crippen LogP contribution in [0.1, 0.15) is 0 Å². The fourth-order valence-corrected chi connectivity index (χ4v) is 3.59. The Hall–Kier alpha value is -1.06. The van der Waals surface area contributed by atoms with E-state index < -0.39 is 0 Å². The number of fused-ring (bicyclic) bond motifs is 2. The van der Waals surface area contributed by atoms with E-state index in [0.29, 0.717) is 0 Å². The van der Waals surface area contributed by atoms with Gasteiger partial charge in [-0.25, -0.2) is 0 Å². The van der Waals surface area contributed by atoms with E-state index in [0.717, 1.165) is 14.6 Å². The Bertz CT molecular complexity index is 750. The van der Waals surface area contributed by atoms with Gasteiger partial charge in [0.25, 0.3) is 0 Å². The molecule has 18 heavy (non-hydrogen) atoms. The van der Waals surface area contributed by atoms with Crippen LogP contribution in [0.3, 0.4) is 0 Å². The second-order valence-electron chi connectivity index (χ2n) is 4.18. The van der Waals surface area contributed by atoms with Gasteiger partial charge in [0.1, 0.15) is 0 Å². The summed E-state index contributed by atoms with van der Waals surface area (Å²) in [5.74, 6) is 0. The van der Waals surface area contributed by atoms with Gasteiger partial charge in [0.15, 0.2) is 0 Å². The normalized spacial score (nSPS) is 11.1. The minimum absolute atomic E-state index is 1.12. The lowest BCUT2D eigenvalue weighted by Gasteiger charge is -2.11. The van der Waals surface area contributed by atoms with Crippen molar-refractivity contribution >= 4 is 59.1 Å². The summed E-state index contributed by atoms with van der Waals surface area (Å²) >= 11 is 7.45. The van der Waals surface area contributed by atoms with Crippen molar-refractivity contribution in [3.63, 3.8) is 0 Å². The first-order chi connectivity index (χ1) is 8.72. The minimum atomic E-state index is 1.12. The first kappa shape index (κ1) is 12.0. The molecule has 0 radical (unpaired) electrons. The molecule has 0 saturated carbocycles. The molecule has 0 atom stereocenters. The predicted molar refractivity (Wildman–Crippen MR) is 86.4 cm³/mol. The molecule has 0 fully saturated rings. The highest BCUT2D eigenvalue weighted by atomic mass is 79.9. The zero-order valence-corrected chi connectivity index (χ0v) is 13.0. The SMILES string of the molecule is CNc1ccc2c(Br)c3ccccc3c(Br)c2c1. The van der Waals surface area contributed by atoms with Crippen LogP contribution in [-0.2, 0) is 0 Å². The van der Waals surface area contributed by atoms with Gasteiger partial charge in [0.05, 0.1) is 0 Å². The highest BCUT2D eigenvalue weighted by Gasteiger charge is 2.10. The number of halogens is 2. The van der Waals surface area contributed by atoms with Crippen molar-refractivity contribution in [1.29, 1.82) is 0 Å². The third-order valence-electron chi connectivity index (χ3n) is 3.18. The van der Waals surface area contributed by atoms with Crippen molar-refractivity contribution in [1.82, 2.24) is 0 Å². The van der Waals surface area contributed by atoms with E-state index >= 15 is 0 Å². The van der Waals surface area contributed by atoms with E-state index in [-0.39, 0.29) is 0 Å². The lowest BCUT2D eigenvalue weighted by atomic mass is 10.0. The van der Waals surface area contributed by atoms with E-state index in [1.807, 2.05) is 7.05 Å². The lowest BCUT2D eigenvalue weighted by molar-refractivity contribution is 1.53. The van der Waals surface area contributed by atoms with Gasteiger partial charge in [-0.15, -0.1) is 0 Å². The Balaban J connectivity index is 2.54. The summed E-state index contributed by atoms with van der Waals surface area (Å²) in [4.78, 5) is 0. The Morgan fingerprint density at radius 1 is 0.778 bits per heavy atom. The van der Waals surface area contributed by atoms with Gasteiger partial charge in [0.2, 0.25) is 0 Å².